The number of ether oxygens (including phenoxy) is 4. The minimum atomic E-state index is -3.63. The van der Waals surface area contributed by atoms with E-state index < -0.39 is 21.7 Å². The number of amides is 2. The zero-order chi connectivity index (χ0) is 41.1. The molecule has 0 radical (unpaired) electrons. The smallest absolute Gasteiger partial charge is 0.286 e. The number of allylic oxidation sites excluding steroid dienone is 1. The molecule has 4 heterocycles. The summed E-state index contributed by atoms with van der Waals surface area (Å²) >= 11 is 6.52. The zero-order valence-corrected chi connectivity index (χ0v) is 36.0. The van der Waals surface area contributed by atoms with Gasteiger partial charge in [0.1, 0.15) is 21.2 Å². The van der Waals surface area contributed by atoms with Gasteiger partial charge >= 0.3 is 0 Å². The van der Waals surface area contributed by atoms with Crippen LogP contribution in [-0.4, -0.2) is 109 Å². The predicted octanol–water partition coefficient (Wildman–Crippen LogP) is 6.24. The Labute approximate surface area is 353 Å². The van der Waals surface area contributed by atoms with E-state index >= 15 is 0 Å². The molecule has 1 spiro atoms. The summed E-state index contributed by atoms with van der Waals surface area (Å²) in [6.07, 6.45) is 12.3. The van der Waals surface area contributed by atoms with Crippen molar-refractivity contribution in [2.45, 2.75) is 63.4 Å². The second-order valence-corrected chi connectivity index (χ2v) is 19.5. The molecule has 15 heteroatoms. The van der Waals surface area contributed by atoms with Crippen LogP contribution in [0.1, 0.15) is 77.3 Å². The number of rotatable bonds is 8. The standard InChI is InChI=1S/C44H57ClN6O7S/c1-30-7-4-9-39(57-20-6-17-50-18-21-56-22-19-50)35-13-10-33(35)25-51-28-44(16-5-8-31-23-34(45)12-14-37(31)44)29-58-40-15-11-32(24-38(40)51)41(52)47-59(54,27-30)48-42(53)36-26-49(2)46-43(36)55-3/h4,9,11-12,14-15,23-24,26,30,33,35,39H,5-8,10,13,16-22,25,27-29H2,1-3H3,(H,47,48,52,53,54)/b9-4+/t30-,33-,35+,39-,44-,59-/m0/s1. The molecule has 59 heavy (non-hydrogen) atoms. The van der Waals surface area contributed by atoms with Gasteiger partial charge in [-0.05, 0) is 104 Å². The molecule has 2 aromatic carbocycles. The van der Waals surface area contributed by atoms with Gasteiger partial charge in [0.15, 0.2) is 0 Å². The highest BCUT2D eigenvalue weighted by atomic mass is 35.5. The number of carbonyl (C=O) groups is 2. The Morgan fingerprint density at radius 3 is 2.80 bits per heavy atom. The molecular weight excluding hydrogens is 792 g/mol. The van der Waals surface area contributed by atoms with Crippen molar-refractivity contribution < 1.29 is 32.7 Å². The molecule has 1 saturated heterocycles. The third kappa shape index (κ3) is 9.36. The van der Waals surface area contributed by atoms with E-state index in [0.29, 0.717) is 43.8 Å². The number of aromatic nitrogens is 2. The van der Waals surface area contributed by atoms with Crippen LogP contribution in [0.4, 0.5) is 5.69 Å². The molecular formula is C44H57ClN6O7S. The normalized spacial score (nSPS) is 29.2. The first kappa shape index (κ1) is 41.8. The van der Waals surface area contributed by atoms with Crippen molar-refractivity contribution in [2.75, 3.05) is 76.9 Å². The van der Waals surface area contributed by atoms with Crippen molar-refractivity contribution in [1.29, 1.82) is 0 Å². The number of halogens is 1. The molecule has 3 aromatic rings. The van der Waals surface area contributed by atoms with Gasteiger partial charge in [-0.25, -0.2) is 4.21 Å². The van der Waals surface area contributed by atoms with Gasteiger partial charge in [0.05, 0.1) is 44.5 Å². The van der Waals surface area contributed by atoms with E-state index in [1.807, 2.05) is 25.1 Å². The Balaban J connectivity index is 1.15. The predicted molar refractivity (Wildman–Crippen MR) is 228 cm³/mol. The third-order valence-corrected chi connectivity index (χ3v) is 15.0. The van der Waals surface area contributed by atoms with Gasteiger partial charge in [0.2, 0.25) is 5.88 Å². The number of methoxy groups -OCH3 is 1. The summed E-state index contributed by atoms with van der Waals surface area (Å²) in [6, 6.07) is 11.6. The fraction of sp³-hybridized carbons (Fsp3) is 0.568. The molecule has 2 aliphatic carbocycles. The van der Waals surface area contributed by atoms with Crippen molar-refractivity contribution in [3.8, 4) is 11.6 Å². The number of benzene rings is 2. The van der Waals surface area contributed by atoms with Crippen LogP contribution in [0.3, 0.4) is 0 Å². The monoisotopic (exact) mass is 848 g/mol. The molecule has 3 aliphatic heterocycles. The van der Waals surface area contributed by atoms with E-state index in [1.165, 1.54) is 29.1 Å². The molecule has 318 valence electrons. The van der Waals surface area contributed by atoms with Crippen molar-refractivity contribution in [1.82, 2.24) is 19.4 Å². The lowest BCUT2D eigenvalue weighted by Gasteiger charge is -2.46. The van der Waals surface area contributed by atoms with Crippen LogP contribution >= 0.6 is 11.6 Å². The van der Waals surface area contributed by atoms with Gasteiger partial charge in [-0.15, -0.1) is 9.46 Å². The Bertz CT molecular complexity index is 2180. The average Bonchev–Trinajstić information content (AvgIpc) is 3.53. The first-order chi connectivity index (χ1) is 28.5. The van der Waals surface area contributed by atoms with Crippen molar-refractivity contribution in [3.63, 3.8) is 0 Å². The van der Waals surface area contributed by atoms with E-state index in [4.69, 9.17) is 30.5 Å². The van der Waals surface area contributed by atoms with E-state index in [-0.39, 0.29) is 40.2 Å². The molecule has 2 amide bonds. The number of nitrogens with zero attached hydrogens (tertiary/aromatic N) is 5. The Kier molecular flexibility index (Phi) is 12.7. The number of morpholine rings is 1. The first-order valence-corrected chi connectivity index (χ1v) is 23.2. The van der Waals surface area contributed by atoms with Crippen LogP contribution in [0.25, 0.3) is 0 Å². The summed E-state index contributed by atoms with van der Waals surface area (Å²) in [6.45, 7) is 8.98. The fourth-order valence-corrected chi connectivity index (χ4v) is 11.7. The van der Waals surface area contributed by atoms with Crippen molar-refractivity contribution in [2.24, 2.45) is 29.2 Å². The summed E-state index contributed by atoms with van der Waals surface area (Å²) in [5.41, 5.74) is 3.42. The Morgan fingerprint density at radius 1 is 1.15 bits per heavy atom. The number of carbonyl (C=O) groups excluding carboxylic acids is 2. The minimum absolute atomic E-state index is 0.0410. The van der Waals surface area contributed by atoms with Gasteiger partial charge < -0.3 is 23.8 Å². The SMILES string of the molecule is COc1nn(C)cc1C(=O)N[S@@]1(=O)=NC(=O)c2ccc3c(c2)N(C[C@@H]2CC[C@H]2[C@@H](OCCCN2CCOCC2)/C=C/C[C@H](C)C1)C[C@@]1(CCCc2cc(Cl)ccc21)CO3. The maximum atomic E-state index is 14.8. The lowest BCUT2D eigenvalue weighted by Crippen LogP contribution is -2.49. The summed E-state index contributed by atoms with van der Waals surface area (Å²) < 4.78 is 47.6. The molecule has 13 nitrogen and oxygen atoms in total. The fourth-order valence-electron chi connectivity index (χ4n) is 9.60. The second-order valence-electron chi connectivity index (χ2n) is 17.1. The van der Waals surface area contributed by atoms with Crippen LogP contribution in [0, 0.1) is 17.8 Å². The molecule has 2 fully saturated rings. The third-order valence-electron chi connectivity index (χ3n) is 12.8. The molecule has 1 aromatic heterocycles. The average molecular weight is 849 g/mol. The molecule has 0 unspecified atom stereocenters. The van der Waals surface area contributed by atoms with E-state index in [1.54, 1.807) is 13.1 Å². The quantitative estimate of drug-likeness (QED) is 0.205. The number of fused-ring (bicyclic) bond motifs is 4. The summed E-state index contributed by atoms with van der Waals surface area (Å²) in [4.78, 5) is 32.7. The van der Waals surface area contributed by atoms with Crippen LogP contribution in [-0.2, 0) is 38.3 Å². The topological polar surface area (TPSA) is 137 Å². The highest BCUT2D eigenvalue weighted by Crippen LogP contribution is 2.47. The first-order valence-electron chi connectivity index (χ1n) is 21.1. The highest BCUT2D eigenvalue weighted by molar-refractivity contribution is 7.92. The minimum Gasteiger partial charge on any atom is -0.490 e. The summed E-state index contributed by atoms with van der Waals surface area (Å²) in [5.74, 6) is -0.158. The number of hydrogen-bond donors (Lipinski definition) is 1. The number of aryl methyl sites for hydroxylation is 2. The van der Waals surface area contributed by atoms with E-state index in [2.05, 4.69) is 48.3 Å². The maximum absolute atomic E-state index is 14.8. The maximum Gasteiger partial charge on any atom is 0.286 e. The van der Waals surface area contributed by atoms with Gasteiger partial charge in [0.25, 0.3) is 11.8 Å². The number of nitrogens with one attached hydrogen (secondary N) is 1. The van der Waals surface area contributed by atoms with Crippen LogP contribution in [0.5, 0.6) is 11.6 Å². The van der Waals surface area contributed by atoms with E-state index in [9.17, 15) is 13.8 Å². The van der Waals surface area contributed by atoms with Gasteiger partial charge in [-0.1, -0.05) is 36.7 Å². The Hall–Kier alpha value is -3.95. The van der Waals surface area contributed by atoms with Crippen LogP contribution < -0.4 is 19.1 Å². The number of hydrogen-bond acceptors (Lipinski definition) is 10. The molecule has 1 saturated carbocycles. The van der Waals surface area contributed by atoms with Crippen molar-refractivity contribution >= 4 is 39.0 Å². The molecule has 6 atom stereocenters. The Morgan fingerprint density at radius 2 is 2.00 bits per heavy atom. The van der Waals surface area contributed by atoms with Crippen LogP contribution in [0.2, 0.25) is 5.02 Å². The second kappa shape index (κ2) is 18.0. The number of anilines is 1. The lowest BCUT2D eigenvalue weighted by molar-refractivity contribution is -0.0203. The largest absolute Gasteiger partial charge is 0.490 e. The van der Waals surface area contributed by atoms with Crippen LogP contribution in [0.15, 0.2) is 59.1 Å². The molecule has 5 aliphatic rings. The molecule has 1 N–H and O–H groups in total. The van der Waals surface area contributed by atoms with Gasteiger partial charge in [0, 0.05) is 68.6 Å². The van der Waals surface area contributed by atoms with Gasteiger partial charge in [-0.3, -0.25) is 23.9 Å². The van der Waals surface area contributed by atoms with Crippen molar-refractivity contribution in [3.05, 3.63) is 82.0 Å². The lowest BCUT2D eigenvalue weighted by atomic mass is 9.68. The zero-order valence-electron chi connectivity index (χ0n) is 34.4. The molecule has 2 bridgehead atoms. The van der Waals surface area contributed by atoms with Gasteiger partial charge in [-0.2, -0.15) is 0 Å². The van der Waals surface area contributed by atoms with E-state index in [0.717, 1.165) is 88.6 Å². The highest BCUT2D eigenvalue weighted by Gasteiger charge is 2.44. The summed E-state index contributed by atoms with van der Waals surface area (Å²) in [5, 5.41) is 4.92. The molecule has 8 rings (SSSR count). The summed E-state index contributed by atoms with van der Waals surface area (Å²) in [7, 11) is -0.554.